The summed E-state index contributed by atoms with van der Waals surface area (Å²) in [6.07, 6.45) is 5.91. The number of aliphatic hydroxyl groups is 1. The summed E-state index contributed by atoms with van der Waals surface area (Å²) < 4.78 is 0. The Morgan fingerprint density at radius 1 is 1.18 bits per heavy atom. The molecule has 1 aliphatic rings. The highest BCUT2D eigenvalue weighted by molar-refractivity contribution is 5.78. The lowest BCUT2D eigenvalue weighted by Crippen LogP contribution is -2.50. The molecular formula is C19H28O3. The highest BCUT2D eigenvalue weighted by atomic mass is 16.4. The van der Waals surface area contributed by atoms with Crippen LogP contribution >= 0.6 is 0 Å². The van der Waals surface area contributed by atoms with E-state index in [9.17, 15) is 15.0 Å². The largest absolute Gasteiger partial charge is 0.479 e. The van der Waals surface area contributed by atoms with Crippen LogP contribution in [0.2, 0.25) is 0 Å². The average Bonchev–Trinajstić information content (AvgIpc) is 2.56. The smallest absolute Gasteiger partial charge is 0.336 e. The molecule has 0 amide bonds. The summed E-state index contributed by atoms with van der Waals surface area (Å²) in [6.45, 7) is 4.13. The van der Waals surface area contributed by atoms with E-state index in [4.69, 9.17) is 0 Å². The van der Waals surface area contributed by atoms with E-state index in [2.05, 4.69) is 13.8 Å². The Bertz CT molecular complexity index is 493. The lowest BCUT2D eigenvalue weighted by atomic mass is 9.66. The Morgan fingerprint density at radius 3 is 2.27 bits per heavy atom. The summed E-state index contributed by atoms with van der Waals surface area (Å²) in [7, 11) is 0. The molecule has 1 aromatic rings. The van der Waals surface area contributed by atoms with Crippen molar-refractivity contribution in [1.82, 2.24) is 0 Å². The molecule has 1 fully saturated rings. The normalized spacial score (nSPS) is 21.8. The lowest BCUT2D eigenvalue weighted by Gasteiger charge is -2.41. The molecule has 0 radical (unpaired) electrons. The number of aliphatic carboxylic acids is 1. The highest BCUT2D eigenvalue weighted by Crippen LogP contribution is 2.43. The van der Waals surface area contributed by atoms with Crippen LogP contribution in [0.1, 0.15) is 64.4 Å². The van der Waals surface area contributed by atoms with Gasteiger partial charge in [0.2, 0.25) is 0 Å². The molecule has 122 valence electrons. The summed E-state index contributed by atoms with van der Waals surface area (Å²) >= 11 is 0. The molecule has 0 saturated heterocycles. The molecular weight excluding hydrogens is 276 g/mol. The van der Waals surface area contributed by atoms with Crippen molar-refractivity contribution < 1.29 is 15.0 Å². The molecule has 3 heteroatoms. The van der Waals surface area contributed by atoms with E-state index in [1.165, 1.54) is 0 Å². The maximum Gasteiger partial charge on any atom is 0.336 e. The summed E-state index contributed by atoms with van der Waals surface area (Å²) in [4.78, 5) is 11.9. The number of carboxylic acid groups (broad SMARTS) is 1. The number of carboxylic acids is 1. The molecule has 0 aliphatic heterocycles. The zero-order chi connectivity index (χ0) is 16.2. The first-order valence-electron chi connectivity index (χ1n) is 8.43. The molecule has 1 saturated carbocycles. The third-order valence-corrected chi connectivity index (χ3v) is 5.56. The monoisotopic (exact) mass is 304 g/mol. The predicted octanol–water partition coefficient (Wildman–Crippen LogP) is 4.14. The summed E-state index contributed by atoms with van der Waals surface area (Å²) in [5.41, 5.74) is -0.847. The van der Waals surface area contributed by atoms with Gasteiger partial charge in [0, 0.05) is 0 Å². The number of benzene rings is 1. The third-order valence-electron chi connectivity index (χ3n) is 5.56. The fourth-order valence-corrected chi connectivity index (χ4v) is 3.84. The van der Waals surface area contributed by atoms with Gasteiger partial charge in [-0.2, -0.15) is 0 Å². The summed E-state index contributed by atoms with van der Waals surface area (Å²) in [6, 6.07) is 9.98. The molecule has 2 unspecified atom stereocenters. The van der Waals surface area contributed by atoms with Crippen LogP contribution in [0.4, 0.5) is 0 Å². The summed E-state index contributed by atoms with van der Waals surface area (Å²) in [5.74, 6) is -1.19. The molecule has 0 heterocycles. The molecule has 2 atom stereocenters. The second-order valence-electron chi connectivity index (χ2n) is 7.02. The predicted molar refractivity (Wildman–Crippen MR) is 87.9 cm³/mol. The Hall–Kier alpha value is -1.35. The van der Waals surface area contributed by atoms with Gasteiger partial charge in [-0.1, -0.05) is 63.4 Å². The zero-order valence-electron chi connectivity index (χ0n) is 13.7. The Balaban J connectivity index is 2.30. The zero-order valence-corrected chi connectivity index (χ0v) is 13.7. The topological polar surface area (TPSA) is 57.5 Å². The van der Waals surface area contributed by atoms with Gasteiger partial charge >= 0.3 is 5.97 Å². The van der Waals surface area contributed by atoms with Gasteiger partial charge in [-0.25, -0.2) is 4.79 Å². The average molecular weight is 304 g/mol. The summed E-state index contributed by atoms with van der Waals surface area (Å²) in [5, 5.41) is 20.8. The minimum Gasteiger partial charge on any atom is -0.479 e. The maximum absolute atomic E-state index is 11.9. The van der Waals surface area contributed by atoms with Gasteiger partial charge in [-0.3, -0.25) is 0 Å². The Labute approximate surface area is 133 Å². The van der Waals surface area contributed by atoms with Crippen LogP contribution in [-0.4, -0.2) is 21.8 Å². The fourth-order valence-electron chi connectivity index (χ4n) is 3.84. The number of hydrogen-bond donors (Lipinski definition) is 2. The fraction of sp³-hybridized carbons (Fsp3) is 0.632. The number of rotatable bonds is 6. The molecule has 2 rings (SSSR count). The van der Waals surface area contributed by atoms with Crippen molar-refractivity contribution in [3.05, 3.63) is 35.9 Å². The molecule has 0 bridgehead atoms. The quantitative estimate of drug-likeness (QED) is 0.830. The van der Waals surface area contributed by atoms with Gasteiger partial charge in [0.15, 0.2) is 5.60 Å². The van der Waals surface area contributed by atoms with Crippen LogP contribution < -0.4 is 0 Å². The lowest BCUT2D eigenvalue weighted by molar-refractivity contribution is -0.170. The van der Waals surface area contributed by atoms with Crippen molar-refractivity contribution in [2.75, 3.05) is 0 Å². The molecule has 3 nitrogen and oxygen atoms in total. The van der Waals surface area contributed by atoms with Gasteiger partial charge in [-0.15, -0.1) is 0 Å². The minimum absolute atomic E-state index is 0.131. The van der Waals surface area contributed by atoms with Gasteiger partial charge < -0.3 is 10.2 Å². The molecule has 0 spiro atoms. The first-order chi connectivity index (χ1) is 10.4. The third kappa shape index (κ3) is 3.35. The standard InChI is InChI=1S/C19H28O3/c1-3-18(2,15-10-6-4-7-11-15)14-19(22,17(20)21)16-12-8-5-9-13-16/h4,6-7,10-11,16,22H,3,5,8-9,12-14H2,1-2H3,(H,20,21). The minimum atomic E-state index is -1.62. The van der Waals surface area contributed by atoms with Crippen molar-refractivity contribution in [3.8, 4) is 0 Å². The Kier molecular flexibility index (Phi) is 5.28. The molecule has 22 heavy (non-hydrogen) atoms. The van der Waals surface area contributed by atoms with E-state index in [0.29, 0.717) is 0 Å². The van der Waals surface area contributed by atoms with Crippen LogP contribution in [0, 0.1) is 5.92 Å². The van der Waals surface area contributed by atoms with E-state index in [1.807, 2.05) is 30.3 Å². The van der Waals surface area contributed by atoms with Gasteiger partial charge in [-0.05, 0) is 42.6 Å². The van der Waals surface area contributed by atoms with Crippen LogP contribution in [0.5, 0.6) is 0 Å². The molecule has 1 aliphatic carbocycles. The number of carbonyl (C=O) groups is 1. The Morgan fingerprint density at radius 2 is 1.77 bits per heavy atom. The first-order valence-corrected chi connectivity index (χ1v) is 8.43. The second kappa shape index (κ2) is 6.82. The van der Waals surface area contributed by atoms with Crippen LogP contribution in [0.15, 0.2) is 30.3 Å². The van der Waals surface area contributed by atoms with Crippen molar-refractivity contribution in [3.63, 3.8) is 0 Å². The van der Waals surface area contributed by atoms with Crippen molar-refractivity contribution in [2.24, 2.45) is 5.92 Å². The van der Waals surface area contributed by atoms with E-state index in [0.717, 1.165) is 44.1 Å². The van der Waals surface area contributed by atoms with Crippen LogP contribution in [-0.2, 0) is 10.2 Å². The van der Waals surface area contributed by atoms with Crippen LogP contribution in [0.25, 0.3) is 0 Å². The van der Waals surface area contributed by atoms with E-state index in [-0.39, 0.29) is 17.8 Å². The first kappa shape index (κ1) is 17.0. The second-order valence-corrected chi connectivity index (χ2v) is 7.02. The van der Waals surface area contributed by atoms with Gasteiger partial charge in [0.25, 0.3) is 0 Å². The van der Waals surface area contributed by atoms with Crippen molar-refractivity contribution in [2.45, 2.75) is 69.8 Å². The van der Waals surface area contributed by atoms with E-state index in [1.54, 1.807) is 0 Å². The van der Waals surface area contributed by atoms with Crippen molar-refractivity contribution >= 4 is 5.97 Å². The maximum atomic E-state index is 11.9. The molecule has 1 aromatic carbocycles. The van der Waals surface area contributed by atoms with E-state index >= 15 is 0 Å². The molecule has 0 aromatic heterocycles. The van der Waals surface area contributed by atoms with Gasteiger partial charge in [0.05, 0.1) is 0 Å². The van der Waals surface area contributed by atoms with Crippen molar-refractivity contribution in [1.29, 1.82) is 0 Å². The SMILES string of the molecule is CCC(C)(CC(O)(C(=O)O)C1CCCCC1)c1ccccc1. The molecule has 2 N–H and O–H groups in total. The van der Waals surface area contributed by atoms with Gasteiger partial charge in [0.1, 0.15) is 0 Å². The number of hydrogen-bond acceptors (Lipinski definition) is 2. The highest BCUT2D eigenvalue weighted by Gasteiger charge is 2.48. The van der Waals surface area contributed by atoms with Crippen LogP contribution in [0.3, 0.4) is 0 Å². The van der Waals surface area contributed by atoms with E-state index < -0.39 is 11.6 Å².